The minimum absolute atomic E-state index is 0.217. The van der Waals surface area contributed by atoms with Gasteiger partial charge >= 0.3 is 0 Å². The molecule has 106 valence electrons. The molecular formula is C14H17N3O3. The maximum atomic E-state index is 12.4. The van der Waals surface area contributed by atoms with Gasteiger partial charge in [-0.2, -0.15) is 0 Å². The zero-order valence-corrected chi connectivity index (χ0v) is 11.4. The highest BCUT2D eigenvalue weighted by molar-refractivity contribution is 6.02. The van der Waals surface area contributed by atoms with E-state index < -0.39 is 11.5 Å². The van der Waals surface area contributed by atoms with Gasteiger partial charge in [0.05, 0.1) is 5.52 Å². The van der Waals surface area contributed by atoms with Crippen LogP contribution in [0.4, 0.5) is 0 Å². The first-order chi connectivity index (χ1) is 9.47. The molecule has 0 fully saturated rings. The second-order valence-corrected chi connectivity index (χ2v) is 5.02. The first-order valence-electron chi connectivity index (χ1n) is 6.32. The van der Waals surface area contributed by atoms with E-state index in [0.717, 1.165) is 0 Å². The van der Waals surface area contributed by atoms with Crippen LogP contribution in [-0.2, 0) is 6.54 Å². The third-order valence-corrected chi connectivity index (χ3v) is 3.05. The van der Waals surface area contributed by atoms with Crippen LogP contribution >= 0.6 is 0 Å². The monoisotopic (exact) mass is 275 g/mol. The highest BCUT2D eigenvalue weighted by Gasteiger charge is 2.21. The summed E-state index contributed by atoms with van der Waals surface area (Å²) in [6.07, 6.45) is 0. The lowest BCUT2D eigenvalue weighted by Gasteiger charge is -2.15. The average molecular weight is 275 g/mol. The standard InChI is InChI=1S/C14H17N3O3/c1-8(2)7-17-10-6-4-3-5-9(10)12(18)11(14(17)20)13(19)16-15/h3-6,8,18H,7,15H2,1-2H3,(H,16,19). The van der Waals surface area contributed by atoms with Gasteiger partial charge in [-0.15, -0.1) is 0 Å². The Balaban J connectivity index is 2.88. The van der Waals surface area contributed by atoms with E-state index in [2.05, 4.69) is 0 Å². The van der Waals surface area contributed by atoms with Gasteiger partial charge in [0.2, 0.25) is 0 Å². The molecule has 6 nitrogen and oxygen atoms in total. The maximum absolute atomic E-state index is 12.4. The van der Waals surface area contributed by atoms with E-state index in [0.29, 0.717) is 17.4 Å². The van der Waals surface area contributed by atoms with E-state index in [1.807, 2.05) is 19.3 Å². The lowest BCUT2D eigenvalue weighted by Crippen LogP contribution is -2.37. The number of rotatable bonds is 3. The lowest BCUT2D eigenvalue weighted by atomic mass is 10.1. The molecule has 2 aromatic rings. The summed E-state index contributed by atoms with van der Waals surface area (Å²) in [6.45, 7) is 4.39. The first-order valence-corrected chi connectivity index (χ1v) is 6.32. The highest BCUT2D eigenvalue weighted by atomic mass is 16.3. The van der Waals surface area contributed by atoms with Crippen LogP contribution in [0.3, 0.4) is 0 Å². The largest absolute Gasteiger partial charge is 0.506 e. The van der Waals surface area contributed by atoms with E-state index in [-0.39, 0.29) is 17.2 Å². The lowest BCUT2D eigenvalue weighted by molar-refractivity contribution is 0.0949. The molecule has 0 bridgehead atoms. The number of nitrogen functional groups attached to an aromatic ring is 1. The molecule has 1 aromatic carbocycles. The van der Waals surface area contributed by atoms with Crippen molar-refractivity contribution in [2.45, 2.75) is 20.4 Å². The van der Waals surface area contributed by atoms with Crippen LogP contribution in [0.25, 0.3) is 10.9 Å². The van der Waals surface area contributed by atoms with E-state index in [1.165, 1.54) is 4.57 Å². The smallest absolute Gasteiger partial charge is 0.274 e. The van der Waals surface area contributed by atoms with Gasteiger partial charge in [0.15, 0.2) is 0 Å². The number of aromatic nitrogens is 1. The number of nitrogens with two attached hydrogens (primary N) is 1. The van der Waals surface area contributed by atoms with Gasteiger partial charge in [0.25, 0.3) is 11.5 Å². The fourth-order valence-corrected chi connectivity index (χ4v) is 2.21. The van der Waals surface area contributed by atoms with Crippen molar-refractivity contribution in [1.82, 2.24) is 9.99 Å². The molecule has 2 rings (SSSR count). The highest BCUT2D eigenvalue weighted by Crippen LogP contribution is 2.26. The molecule has 1 aromatic heterocycles. The number of benzene rings is 1. The summed E-state index contributed by atoms with van der Waals surface area (Å²) in [5, 5.41) is 10.6. The summed E-state index contributed by atoms with van der Waals surface area (Å²) in [6, 6.07) is 6.91. The first kappa shape index (κ1) is 14.1. The SMILES string of the molecule is CC(C)Cn1c(=O)c(C(=O)NN)c(O)c2ccccc21. The number of hydrogen-bond donors (Lipinski definition) is 3. The second-order valence-electron chi connectivity index (χ2n) is 5.02. The van der Waals surface area contributed by atoms with Gasteiger partial charge in [-0.3, -0.25) is 15.0 Å². The quantitative estimate of drug-likeness (QED) is 0.441. The second kappa shape index (κ2) is 5.34. The van der Waals surface area contributed by atoms with Gasteiger partial charge < -0.3 is 9.67 Å². The molecule has 4 N–H and O–H groups in total. The third kappa shape index (κ3) is 2.25. The van der Waals surface area contributed by atoms with E-state index in [9.17, 15) is 14.7 Å². The van der Waals surface area contributed by atoms with Gasteiger partial charge in [-0.1, -0.05) is 26.0 Å². The summed E-state index contributed by atoms with van der Waals surface area (Å²) in [7, 11) is 0. The average Bonchev–Trinajstić information content (AvgIpc) is 2.43. The molecule has 0 spiro atoms. The Bertz CT molecular complexity index is 719. The topological polar surface area (TPSA) is 97.4 Å². The van der Waals surface area contributed by atoms with Crippen molar-refractivity contribution in [3.05, 3.63) is 40.2 Å². The van der Waals surface area contributed by atoms with Crippen LogP contribution in [0, 0.1) is 5.92 Å². The van der Waals surface area contributed by atoms with Crippen molar-refractivity contribution in [3.8, 4) is 5.75 Å². The Morgan fingerprint density at radius 3 is 2.65 bits per heavy atom. The van der Waals surface area contributed by atoms with Crippen molar-refractivity contribution in [1.29, 1.82) is 0 Å². The number of carbonyl (C=O) groups excluding carboxylic acids is 1. The zero-order chi connectivity index (χ0) is 14.9. The van der Waals surface area contributed by atoms with Crippen molar-refractivity contribution in [2.75, 3.05) is 0 Å². The van der Waals surface area contributed by atoms with E-state index >= 15 is 0 Å². The summed E-state index contributed by atoms with van der Waals surface area (Å²) >= 11 is 0. The van der Waals surface area contributed by atoms with E-state index in [4.69, 9.17) is 5.84 Å². The van der Waals surface area contributed by atoms with Crippen LogP contribution in [0.5, 0.6) is 5.75 Å². The number of nitrogens with zero attached hydrogens (tertiary/aromatic N) is 1. The number of hydrazine groups is 1. The van der Waals surface area contributed by atoms with Crippen LogP contribution in [0.1, 0.15) is 24.2 Å². The fraction of sp³-hybridized carbons (Fsp3) is 0.286. The number of para-hydroxylation sites is 1. The zero-order valence-electron chi connectivity index (χ0n) is 11.4. The number of fused-ring (bicyclic) bond motifs is 1. The summed E-state index contributed by atoms with van der Waals surface area (Å²) in [5.41, 5.74) is 1.62. The van der Waals surface area contributed by atoms with Crippen LogP contribution in [0.15, 0.2) is 29.1 Å². The van der Waals surface area contributed by atoms with Gasteiger partial charge in [-0.05, 0) is 18.1 Å². The molecule has 20 heavy (non-hydrogen) atoms. The Labute approximate surface area is 115 Å². The number of pyridine rings is 1. The minimum atomic E-state index is -0.796. The predicted molar refractivity (Wildman–Crippen MR) is 76.4 cm³/mol. The third-order valence-electron chi connectivity index (χ3n) is 3.05. The number of aromatic hydroxyl groups is 1. The Hall–Kier alpha value is -2.34. The van der Waals surface area contributed by atoms with Gasteiger partial charge in [0.1, 0.15) is 11.3 Å². The number of hydrogen-bond acceptors (Lipinski definition) is 4. The van der Waals surface area contributed by atoms with Gasteiger partial charge in [-0.25, -0.2) is 5.84 Å². The molecule has 0 aliphatic heterocycles. The molecule has 1 amide bonds. The molecule has 6 heteroatoms. The number of nitrogens with one attached hydrogen (secondary N) is 1. The fourth-order valence-electron chi connectivity index (χ4n) is 2.21. The molecule has 0 unspecified atom stereocenters. The van der Waals surface area contributed by atoms with Crippen LogP contribution < -0.4 is 16.8 Å². The van der Waals surface area contributed by atoms with Crippen molar-refractivity contribution in [2.24, 2.45) is 11.8 Å². The Kier molecular flexibility index (Phi) is 3.76. The Morgan fingerprint density at radius 2 is 2.05 bits per heavy atom. The van der Waals surface area contributed by atoms with Crippen LogP contribution in [0.2, 0.25) is 0 Å². The molecule has 1 heterocycles. The predicted octanol–water partition coefficient (Wildman–Crippen LogP) is 0.967. The molecule has 0 saturated carbocycles. The van der Waals surface area contributed by atoms with Gasteiger partial charge in [0, 0.05) is 11.9 Å². The molecule has 0 saturated heterocycles. The molecule has 0 radical (unpaired) electrons. The summed E-state index contributed by atoms with van der Waals surface area (Å²) in [5.74, 6) is 4.16. The van der Waals surface area contributed by atoms with Crippen molar-refractivity contribution >= 4 is 16.8 Å². The van der Waals surface area contributed by atoms with Crippen molar-refractivity contribution in [3.63, 3.8) is 0 Å². The van der Waals surface area contributed by atoms with E-state index in [1.54, 1.807) is 24.3 Å². The summed E-state index contributed by atoms with van der Waals surface area (Å²) < 4.78 is 1.49. The van der Waals surface area contributed by atoms with Crippen LogP contribution in [-0.4, -0.2) is 15.6 Å². The molecular weight excluding hydrogens is 258 g/mol. The normalized spacial score (nSPS) is 11.0. The molecule has 0 aliphatic carbocycles. The Morgan fingerprint density at radius 1 is 1.40 bits per heavy atom. The number of carbonyl (C=O) groups is 1. The maximum Gasteiger partial charge on any atom is 0.274 e. The summed E-state index contributed by atoms with van der Waals surface area (Å²) in [4.78, 5) is 24.2. The minimum Gasteiger partial charge on any atom is -0.506 e. The molecule has 0 aliphatic rings. The van der Waals surface area contributed by atoms with Crippen molar-refractivity contribution < 1.29 is 9.90 Å². The number of amides is 1. The molecule has 0 atom stereocenters.